The number of ether oxygens (including phenoxy) is 2. The molecule has 3 nitrogen and oxygen atoms in total. The largest absolute Gasteiger partial charge is 0.497 e. The van der Waals surface area contributed by atoms with Crippen molar-refractivity contribution in [1.29, 1.82) is 0 Å². The van der Waals surface area contributed by atoms with E-state index in [9.17, 15) is 0 Å². The number of hydrogen-bond acceptors (Lipinski definition) is 3. The first-order valence-electron chi connectivity index (χ1n) is 4.74. The van der Waals surface area contributed by atoms with E-state index in [-0.39, 0.29) is 5.60 Å². The number of methoxy groups -OCH3 is 1. The lowest BCUT2D eigenvalue weighted by molar-refractivity contribution is 0.335. The summed E-state index contributed by atoms with van der Waals surface area (Å²) < 4.78 is 10.4. The Morgan fingerprint density at radius 2 is 2.36 bits per heavy atom. The van der Waals surface area contributed by atoms with Crippen molar-refractivity contribution in [3.63, 3.8) is 0 Å². The van der Waals surface area contributed by atoms with E-state index in [0.29, 0.717) is 0 Å². The van der Waals surface area contributed by atoms with Crippen molar-refractivity contribution in [3.05, 3.63) is 24.3 Å². The second-order valence-corrected chi connectivity index (χ2v) is 3.82. The molecule has 1 aliphatic rings. The molecule has 2 rings (SSSR count). The molecule has 3 heteroatoms. The normalized spacial score (nSPS) is 24.4. The highest BCUT2D eigenvalue weighted by Gasteiger charge is 2.38. The minimum absolute atomic E-state index is 0.0447. The molecular weight excluding hydrogens is 178 g/mol. The van der Waals surface area contributed by atoms with Crippen LogP contribution in [0, 0.1) is 0 Å². The topological polar surface area (TPSA) is 33.8 Å². The molecule has 1 aliphatic heterocycles. The lowest BCUT2D eigenvalue weighted by Crippen LogP contribution is -2.19. The van der Waals surface area contributed by atoms with Gasteiger partial charge >= 0.3 is 0 Å². The van der Waals surface area contributed by atoms with Crippen LogP contribution in [-0.2, 0) is 4.74 Å². The van der Waals surface area contributed by atoms with E-state index in [2.05, 4.69) is 12.2 Å². The third-order valence-corrected chi connectivity index (χ3v) is 2.37. The Hall–Kier alpha value is -1.22. The van der Waals surface area contributed by atoms with Gasteiger partial charge in [0.2, 0.25) is 0 Å². The van der Waals surface area contributed by atoms with E-state index in [4.69, 9.17) is 9.47 Å². The molecule has 0 aliphatic carbocycles. The molecule has 1 heterocycles. The maximum Gasteiger partial charge on any atom is 0.120 e. The van der Waals surface area contributed by atoms with Crippen molar-refractivity contribution in [2.45, 2.75) is 12.5 Å². The molecule has 76 valence electrons. The molecule has 1 N–H and O–H groups in total. The molecule has 1 aromatic carbocycles. The molecule has 1 saturated heterocycles. The second kappa shape index (κ2) is 3.50. The van der Waals surface area contributed by atoms with Crippen LogP contribution in [0.25, 0.3) is 0 Å². The maximum atomic E-state index is 5.28. The average molecular weight is 193 g/mol. The van der Waals surface area contributed by atoms with Crippen LogP contribution < -0.4 is 10.1 Å². The standard InChI is InChI=1S/C11H15NO2/c1-11(8-14-11)7-12-9-4-3-5-10(6-9)13-2/h3-6,12H,7-8H2,1-2H3. The molecule has 0 saturated carbocycles. The van der Waals surface area contributed by atoms with E-state index >= 15 is 0 Å². The van der Waals surface area contributed by atoms with E-state index in [1.165, 1.54) is 0 Å². The zero-order valence-corrected chi connectivity index (χ0v) is 8.54. The summed E-state index contributed by atoms with van der Waals surface area (Å²) >= 11 is 0. The van der Waals surface area contributed by atoms with Crippen molar-refractivity contribution in [1.82, 2.24) is 0 Å². The minimum atomic E-state index is 0.0447. The highest BCUT2D eigenvalue weighted by molar-refractivity contribution is 5.48. The van der Waals surface area contributed by atoms with Gasteiger partial charge in [0.1, 0.15) is 11.4 Å². The number of anilines is 1. The van der Waals surface area contributed by atoms with E-state index in [1.54, 1.807) is 7.11 Å². The average Bonchev–Trinajstić information content (AvgIpc) is 2.95. The van der Waals surface area contributed by atoms with Crippen LogP contribution in [0.2, 0.25) is 0 Å². The Kier molecular flexibility index (Phi) is 2.33. The molecule has 0 amide bonds. The summed E-state index contributed by atoms with van der Waals surface area (Å²) in [6.45, 7) is 3.80. The SMILES string of the molecule is COc1cccc(NCC2(C)CO2)c1. The molecule has 0 aromatic heterocycles. The Bertz CT molecular complexity index is 321. The van der Waals surface area contributed by atoms with E-state index in [0.717, 1.165) is 24.6 Å². The van der Waals surface area contributed by atoms with Gasteiger partial charge in [-0.2, -0.15) is 0 Å². The van der Waals surface area contributed by atoms with Gasteiger partial charge in [-0.15, -0.1) is 0 Å². The second-order valence-electron chi connectivity index (χ2n) is 3.82. The Morgan fingerprint density at radius 3 is 3.00 bits per heavy atom. The van der Waals surface area contributed by atoms with Gasteiger partial charge in [0.15, 0.2) is 0 Å². The first-order valence-corrected chi connectivity index (χ1v) is 4.74. The summed E-state index contributed by atoms with van der Waals surface area (Å²) in [5, 5.41) is 3.32. The Balaban J connectivity index is 1.94. The van der Waals surface area contributed by atoms with Crippen LogP contribution in [0.4, 0.5) is 5.69 Å². The summed E-state index contributed by atoms with van der Waals surface area (Å²) in [5.41, 5.74) is 1.12. The van der Waals surface area contributed by atoms with Crippen LogP contribution in [-0.4, -0.2) is 25.9 Å². The fourth-order valence-corrected chi connectivity index (χ4v) is 1.25. The predicted octanol–water partition coefficient (Wildman–Crippen LogP) is 1.90. The molecule has 0 spiro atoms. The van der Waals surface area contributed by atoms with Gasteiger partial charge in [0.25, 0.3) is 0 Å². The Labute approximate surface area is 84.0 Å². The third-order valence-electron chi connectivity index (χ3n) is 2.37. The fourth-order valence-electron chi connectivity index (χ4n) is 1.25. The van der Waals surface area contributed by atoms with Crippen LogP contribution in [0.5, 0.6) is 5.75 Å². The number of hydrogen-bond donors (Lipinski definition) is 1. The van der Waals surface area contributed by atoms with E-state index in [1.807, 2.05) is 24.3 Å². The van der Waals surface area contributed by atoms with Crippen molar-refractivity contribution in [2.75, 3.05) is 25.6 Å². The molecule has 0 bridgehead atoms. The van der Waals surface area contributed by atoms with Gasteiger partial charge in [0.05, 0.1) is 13.7 Å². The molecular formula is C11H15NO2. The smallest absolute Gasteiger partial charge is 0.120 e. The summed E-state index contributed by atoms with van der Waals surface area (Å²) in [7, 11) is 1.67. The summed E-state index contributed by atoms with van der Waals surface area (Å²) in [6.07, 6.45) is 0. The fraction of sp³-hybridized carbons (Fsp3) is 0.455. The quantitative estimate of drug-likeness (QED) is 0.741. The van der Waals surface area contributed by atoms with E-state index < -0.39 is 0 Å². The Morgan fingerprint density at radius 1 is 1.57 bits per heavy atom. The number of nitrogens with one attached hydrogen (secondary N) is 1. The molecule has 1 atom stereocenters. The highest BCUT2D eigenvalue weighted by atomic mass is 16.6. The maximum absolute atomic E-state index is 5.28. The minimum Gasteiger partial charge on any atom is -0.497 e. The monoisotopic (exact) mass is 193 g/mol. The van der Waals surface area contributed by atoms with Gasteiger partial charge in [-0.05, 0) is 19.1 Å². The summed E-state index contributed by atoms with van der Waals surface area (Å²) in [4.78, 5) is 0. The molecule has 14 heavy (non-hydrogen) atoms. The third kappa shape index (κ3) is 2.17. The zero-order chi connectivity index (χ0) is 10.0. The highest BCUT2D eigenvalue weighted by Crippen LogP contribution is 2.26. The molecule has 0 radical (unpaired) electrons. The van der Waals surface area contributed by atoms with Gasteiger partial charge < -0.3 is 14.8 Å². The van der Waals surface area contributed by atoms with Crippen molar-refractivity contribution in [2.24, 2.45) is 0 Å². The van der Waals surface area contributed by atoms with Gasteiger partial charge in [-0.1, -0.05) is 6.07 Å². The van der Waals surface area contributed by atoms with Crippen LogP contribution in [0.15, 0.2) is 24.3 Å². The predicted molar refractivity (Wildman–Crippen MR) is 55.8 cm³/mol. The summed E-state index contributed by atoms with van der Waals surface area (Å²) in [6, 6.07) is 7.90. The van der Waals surface area contributed by atoms with Crippen molar-refractivity contribution < 1.29 is 9.47 Å². The van der Waals surface area contributed by atoms with Gasteiger partial charge in [0, 0.05) is 18.3 Å². The molecule has 1 fully saturated rings. The van der Waals surface area contributed by atoms with Gasteiger partial charge in [-0.25, -0.2) is 0 Å². The van der Waals surface area contributed by atoms with Crippen LogP contribution in [0.1, 0.15) is 6.92 Å². The summed E-state index contributed by atoms with van der Waals surface area (Å²) in [5.74, 6) is 0.872. The van der Waals surface area contributed by atoms with Crippen molar-refractivity contribution in [3.8, 4) is 5.75 Å². The zero-order valence-electron chi connectivity index (χ0n) is 8.54. The van der Waals surface area contributed by atoms with Crippen LogP contribution in [0.3, 0.4) is 0 Å². The number of benzene rings is 1. The molecule has 1 unspecified atom stereocenters. The van der Waals surface area contributed by atoms with Gasteiger partial charge in [-0.3, -0.25) is 0 Å². The van der Waals surface area contributed by atoms with Crippen molar-refractivity contribution >= 4 is 5.69 Å². The number of epoxide rings is 1. The lowest BCUT2D eigenvalue weighted by Gasteiger charge is -2.09. The molecule has 1 aromatic rings. The van der Waals surface area contributed by atoms with Crippen LogP contribution >= 0.6 is 0 Å². The lowest BCUT2D eigenvalue weighted by atomic mass is 10.2. The first kappa shape index (κ1) is 9.34. The first-order chi connectivity index (χ1) is 6.72. The number of rotatable bonds is 4.